The Morgan fingerprint density at radius 1 is 0.148 bits per heavy atom. The van der Waals surface area contributed by atoms with Crippen LogP contribution in [0.25, 0.3) is 244 Å². The van der Waals surface area contributed by atoms with E-state index in [-0.39, 0.29) is 83.8 Å². The maximum atomic E-state index is 10.5. The lowest BCUT2D eigenvalue weighted by Crippen LogP contribution is -2.11. The molecule has 0 bridgehead atoms. The lowest BCUT2D eigenvalue weighted by molar-refractivity contribution is 0.891. The summed E-state index contributed by atoms with van der Waals surface area (Å²) in [5.74, 6) is 0.836. The van der Waals surface area contributed by atoms with Crippen molar-refractivity contribution in [2.75, 3.05) is 0 Å². The highest BCUT2D eigenvalue weighted by Crippen LogP contribution is 2.49. The summed E-state index contributed by atoms with van der Waals surface area (Å²) in [7, 11) is 0. The fraction of sp³-hybridized carbons (Fsp3) is 0. The molecule has 10 heterocycles. The molecule has 0 aliphatic carbocycles. The Morgan fingerprint density at radius 3 is 0.492 bits per heavy atom. The van der Waals surface area contributed by atoms with Crippen LogP contribution in [0.4, 0.5) is 0 Å². The normalized spacial score (nSPS) is 13.2. The molecule has 0 saturated carbocycles. The molecule has 0 saturated heterocycles. The van der Waals surface area contributed by atoms with Crippen LogP contribution in [0.3, 0.4) is 0 Å². The van der Waals surface area contributed by atoms with Gasteiger partial charge >= 0.3 is 0 Å². The molecule has 0 spiro atoms. The zero-order valence-corrected chi connectivity index (χ0v) is 64.6. The van der Waals surface area contributed by atoms with Crippen molar-refractivity contribution in [2.24, 2.45) is 0 Å². The van der Waals surface area contributed by atoms with Crippen molar-refractivity contribution in [1.29, 1.82) is 0 Å². The van der Waals surface area contributed by atoms with Crippen LogP contribution in [0, 0.1) is 0 Å². The van der Waals surface area contributed by atoms with Crippen LogP contribution < -0.4 is 0 Å². The smallest absolute Gasteiger partial charge is 0.240 e. The van der Waals surface area contributed by atoms with Gasteiger partial charge in [0.1, 0.15) is 0 Å². The molecular weight excluding hydrogens is 1490 g/mol. The molecule has 0 amide bonds. The Morgan fingerprint density at radius 2 is 0.303 bits per heavy atom. The van der Waals surface area contributed by atoms with Crippen molar-refractivity contribution in [3.63, 3.8) is 0 Å². The molecule has 0 fully saturated rings. The summed E-state index contributed by atoms with van der Waals surface area (Å²) in [5.41, 5.74) is 14.4. The van der Waals surface area contributed by atoms with Gasteiger partial charge in [-0.05, 0) is 145 Å². The van der Waals surface area contributed by atoms with Gasteiger partial charge in [-0.1, -0.05) is 243 Å². The monoisotopic (exact) mass is 1560 g/mol. The lowest BCUT2D eigenvalue weighted by Gasteiger charge is -2.14. The van der Waals surface area contributed by atoms with Crippen molar-refractivity contribution in [1.82, 2.24) is 66.4 Å². The van der Waals surface area contributed by atoms with E-state index in [4.69, 9.17) is 29.9 Å². The number of rotatable bonds is 10. The second-order valence-electron chi connectivity index (χ2n) is 31.0. The van der Waals surface area contributed by atoms with E-state index in [1.165, 1.54) is 0 Å². The molecule has 14 heteroatoms. The third kappa shape index (κ3) is 9.25. The van der Waals surface area contributed by atoms with E-state index < -0.39 is 0 Å². The Bertz CT molecular complexity index is 8590. The van der Waals surface area contributed by atoms with Crippen LogP contribution in [0.2, 0.25) is 0 Å². The van der Waals surface area contributed by atoms with Crippen molar-refractivity contribution < 1.29 is 11.0 Å². The maximum absolute atomic E-state index is 10.5. The molecule has 17 aromatic carbocycles. The first-order valence-corrected chi connectivity index (χ1v) is 40.6. The number of nitrogens with zero attached hydrogens (tertiary/aromatic N) is 14. The van der Waals surface area contributed by atoms with Gasteiger partial charge in [0, 0.05) is 120 Å². The Labute approximate surface area is 705 Å². The first-order chi connectivity index (χ1) is 63.9. The standard InChI is InChI=1S/C108H64N14/c1-5-29-67(30-6-1)115-79-45-21-13-37-71(79)95-87(115)57-61-91-99(95)75-41-17-25-49-83(75)119(91)105-109-103(110-106(113-105)120-84-50-26-18-42-76(84)100-92(120)62-58-88-96(100)72-38-14-22-46-80(72)116(88)68-31-7-2-8-32-68)65-53-55-66(56-54-65)104-111-107(121-85-51-27-19-43-77(85)101-93(121)63-59-89-97(101)73-39-15-23-47-81(73)117(89)69-33-9-3-10-34-69)114-108(112-104)122-86-52-28-20-44-78(86)102-94(122)64-60-90-98(102)74-40-16-24-48-82(74)118(90)70-35-11-4-12-36-70/h1-64H/i57D,58D,59D,60D,61D,62D,63D,64D. The quantitative estimate of drug-likeness (QED) is 0.135. The second-order valence-corrected chi connectivity index (χ2v) is 31.0. The van der Waals surface area contributed by atoms with Crippen molar-refractivity contribution in [3.8, 4) is 69.3 Å². The number of hydrogen-bond donors (Lipinski definition) is 0. The molecular formula is C108H64N14. The fourth-order valence-corrected chi connectivity index (χ4v) is 19.7. The van der Waals surface area contributed by atoms with Crippen LogP contribution in [0.1, 0.15) is 11.0 Å². The third-order valence-electron chi connectivity index (χ3n) is 24.7. The fourth-order valence-electron chi connectivity index (χ4n) is 19.7. The highest BCUT2D eigenvalue weighted by molar-refractivity contribution is 6.33. The molecule has 0 unspecified atom stereocenters. The predicted octanol–water partition coefficient (Wildman–Crippen LogP) is 26.2. The summed E-state index contributed by atoms with van der Waals surface area (Å²) >= 11 is 0. The summed E-state index contributed by atoms with van der Waals surface area (Å²) < 4.78 is 99.3. The SMILES string of the molecule is [2H]c1c([2H])c2c(c3ccccc3n2-c2nc(-c3ccc(-c4nc(-n5c6ccccc6c6c7c8ccccc8n(-c8ccccc8)c7c([2H])c([2H])c65)nc(-n5c6ccccc6c6c7c8ccccc8n(-c8ccccc8)c7c([2H])c([2H])c65)n4)cc3)nc(-n3c4ccccc4c4c5c6ccccc6n(-c6ccccc6)c5c([2H])c([2H])c43)n2)c2c3ccccc3n(-c3ccccc3)c12. The average molecular weight is 1570 g/mol. The molecule has 0 atom stereocenters. The number of aromatic nitrogens is 14. The molecule has 0 aliphatic rings. The molecule has 14 nitrogen and oxygen atoms in total. The molecule has 566 valence electrons. The minimum Gasteiger partial charge on any atom is -0.309 e. The van der Waals surface area contributed by atoms with Gasteiger partial charge in [0.2, 0.25) is 23.8 Å². The van der Waals surface area contributed by atoms with Crippen LogP contribution in [-0.2, 0) is 0 Å². The Hall–Kier alpha value is -16.8. The Kier molecular flexibility index (Phi) is 12.2. The minimum absolute atomic E-state index is 0.00277. The van der Waals surface area contributed by atoms with E-state index in [1.807, 2.05) is 309 Å². The van der Waals surface area contributed by atoms with Gasteiger partial charge < -0.3 is 18.3 Å². The summed E-state index contributed by atoms with van der Waals surface area (Å²) in [6.45, 7) is 0. The van der Waals surface area contributed by atoms with Crippen molar-refractivity contribution >= 4 is 174 Å². The lowest BCUT2D eigenvalue weighted by atomic mass is 10.1. The van der Waals surface area contributed by atoms with Crippen LogP contribution in [0.5, 0.6) is 0 Å². The minimum atomic E-state index is -0.0585. The predicted molar refractivity (Wildman–Crippen MR) is 499 cm³/mol. The molecule has 0 aliphatic heterocycles. The Balaban J connectivity index is 0.735. The van der Waals surface area contributed by atoms with E-state index >= 15 is 0 Å². The maximum Gasteiger partial charge on any atom is 0.240 e. The molecule has 0 radical (unpaired) electrons. The van der Waals surface area contributed by atoms with Gasteiger partial charge in [0.25, 0.3) is 0 Å². The van der Waals surface area contributed by atoms with Gasteiger partial charge in [-0.15, -0.1) is 0 Å². The van der Waals surface area contributed by atoms with Gasteiger partial charge in [-0.25, -0.2) is 0 Å². The first kappa shape index (κ1) is 58.9. The number of hydrogen-bond acceptors (Lipinski definition) is 6. The molecule has 27 rings (SSSR count). The number of benzene rings is 17. The number of para-hydroxylation sites is 12. The number of fused-ring (bicyclic) bond motifs is 28. The first-order valence-electron chi connectivity index (χ1n) is 44.6. The zero-order chi connectivity index (χ0) is 86.5. The topological polar surface area (TPSA) is 117 Å². The van der Waals surface area contributed by atoms with Crippen LogP contribution in [-0.4, -0.2) is 66.4 Å². The van der Waals surface area contributed by atoms with E-state index in [0.717, 1.165) is 131 Å². The molecule has 27 aromatic rings. The molecule has 0 N–H and O–H groups in total. The highest BCUT2D eigenvalue weighted by Gasteiger charge is 2.30. The van der Waals surface area contributed by atoms with Gasteiger partial charge in [-0.3, -0.25) is 18.3 Å². The van der Waals surface area contributed by atoms with Crippen molar-refractivity contribution in [2.45, 2.75) is 0 Å². The summed E-state index contributed by atoms with van der Waals surface area (Å²) in [6.07, 6.45) is 0. The van der Waals surface area contributed by atoms with Crippen LogP contribution in [0.15, 0.2) is 388 Å². The van der Waals surface area contributed by atoms with E-state index in [1.54, 1.807) is 0 Å². The summed E-state index contributed by atoms with van der Waals surface area (Å²) in [6, 6.07) is 112. The third-order valence-corrected chi connectivity index (χ3v) is 24.7. The second kappa shape index (κ2) is 25.3. The van der Waals surface area contributed by atoms with Crippen molar-refractivity contribution in [3.05, 3.63) is 388 Å². The van der Waals surface area contributed by atoms with E-state index in [2.05, 4.69) is 66.8 Å². The van der Waals surface area contributed by atoms with E-state index in [9.17, 15) is 11.0 Å². The van der Waals surface area contributed by atoms with Crippen LogP contribution >= 0.6 is 0 Å². The summed E-state index contributed by atoms with van der Waals surface area (Å²) in [5, 5.41) is 12.8. The molecule has 122 heavy (non-hydrogen) atoms. The molecule has 10 aromatic heterocycles. The average Bonchev–Trinajstić information content (AvgIpc) is 1.54. The zero-order valence-electron chi connectivity index (χ0n) is 72.6. The van der Waals surface area contributed by atoms with Gasteiger partial charge in [0.15, 0.2) is 11.6 Å². The van der Waals surface area contributed by atoms with Gasteiger partial charge in [0.05, 0.1) is 99.2 Å². The summed E-state index contributed by atoms with van der Waals surface area (Å²) in [4.78, 5) is 33.6. The largest absolute Gasteiger partial charge is 0.309 e. The van der Waals surface area contributed by atoms with Gasteiger partial charge in [-0.2, -0.15) is 29.9 Å². The van der Waals surface area contributed by atoms with E-state index in [0.29, 0.717) is 77.3 Å². The highest BCUT2D eigenvalue weighted by atomic mass is 15.3.